The van der Waals surface area contributed by atoms with E-state index in [9.17, 15) is 40.2 Å². The van der Waals surface area contributed by atoms with Crippen molar-refractivity contribution >= 4 is 11.9 Å². The Bertz CT molecular complexity index is 3810. The largest absolute Gasteiger partial charge is 0.507 e. The molecule has 0 saturated carbocycles. The standard InChI is InChI=1S/C76H66O16/c77-53(45-89-73(83)65-17-5-11-23-71(65)81)41-85-57-33-25-49(26-34-57)75(67-19-7-1-13-61(67)62-14-2-8-20-68(62)75)51-29-37-59(38-30-51)87-43-55(79)47-91-92-48-56(80)44-88-60-39-31-52(32-40-60)76(69-21-9-3-15-63(69)64-16-4-10-22-70(64)76)50-27-35-58(36-28-50)86-42-54(78)46-90-74(84)66-18-6-12-24-72(66)82/h1-40,53-56,77-82H,41-48H2. The number of ether oxygens (including phenoxy) is 6. The highest BCUT2D eigenvalue weighted by Gasteiger charge is 2.47. The first-order valence-corrected chi connectivity index (χ1v) is 30.1. The number of hydrogen-bond acceptors (Lipinski definition) is 16. The molecular formula is C76H66O16. The van der Waals surface area contributed by atoms with E-state index in [1.807, 2.05) is 146 Å². The summed E-state index contributed by atoms with van der Waals surface area (Å²) in [5.74, 6) is 0.118. The van der Waals surface area contributed by atoms with Gasteiger partial charge in [0.2, 0.25) is 0 Å². The fourth-order valence-electron chi connectivity index (χ4n) is 12.3. The molecule has 92 heavy (non-hydrogen) atoms. The molecule has 0 amide bonds. The van der Waals surface area contributed by atoms with Gasteiger partial charge in [-0.2, -0.15) is 0 Å². The van der Waals surface area contributed by atoms with E-state index in [1.54, 1.807) is 24.3 Å². The number of phenolic OH excluding ortho intramolecular Hbond substituents is 2. The zero-order valence-corrected chi connectivity index (χ0v) is 49.8. The summed E-state index contributed by atoms with van der Waals surface area (Å²) < 4.78 is 34.4. The minimum absolute atomic E-state index is 0.00358. The van der Waals surface area contributed by atoms with E-state index in [2.05, 4.69) is 48.5 Å². The van der Waals surface area contributed by atoms with Gasteiger partial charge in [0.25, 0.3) is 0 Å². The minimum Gasteiger partial charge on any atom is -0.507 e. The topological polar surface area (TPSA) is 229 Å². The number of fused-ring (bicyclic) bond motifs is 6. The smallest absolute Gasteiger partial charge is 0.342 e. The predicted octanol–water partition coefficient (Wildman–Crippen LogP) is 11.1. The molecule has 12 rings (SSSR count). The van der Waals surface area contributed by atoms with E-state index in [4.69, 9.17) is 38.2 Å². The molecule has 0 aliphatic heterocycles. The Hall–Kier alpha value is -10.3. The molecule has 0 fully saturated rings. The first-order chi connectivity index (χ1) is 44.9. The molecule has 4 unspecified atom stereocenters. The zero-order chi connectivity index (χ0) is 63.6. The molecule has 10 aromatic carbocycles. The molecule has 0 saturated heterocycles. The third-order valence-electron chi connectivity index (χ3n) is 16.5. The monoisotopic (exact) mass is 1230 g/mol. The molecule has 4 atom stereocenters. The number of aliphatic hydroxyl groups is 4. The third-order valence-corrected chi connectivity index (χ3v) is 16.5. The normalized spacial score (nSPS) is 14.3. The zero-order valence-electron chi connectivity index (χ0n) is 49.8. The maximum absolute atomic E-state index is 12.5. The molecule has 16 heteroatoms. The number of carbonyl (C=O) groups excluding carboxylic acids is 2. The summed E-state index contributed by atoms with van der Waals surface area (Å²) >= 11 is 0. The highest BCUT2D eigenvalue weighted by molar-refractivity contribution is 5.93. The lowest BCUT2D eigenvalue weighted by Gasteiger charge is -2.34. The average Bonchev–Trinajstić information content (AvgIpc) is 1.54. The first-order valence-electron chi connectivity index (χ1n) is 30.1. The minimum atomic E-state index is -1.12. The molecule has 0 heterocycles. The number of aliphatic hydroxyl groups excluding tert-OH is 4. The van der Waals surface area contributed by atoms with Crippen LogP contribution in [-0.2, 0) is 30.1 Å². The number of rotatable bonds is 27. The van der Waals surface area contributed by atoms with Gasteiger partial charge in [0, 0.05) is 0 Å². The van der Waals surface area contributed by atoms with Crippen LogP contribution in [0.1, 0.15) is 65.2 Å². The summed E-state index contributed by atoms with van der Waals surface area (Å²) in [7, 11) is 0. The Morgan fingerprint density at radius 3 is 0.804 bits per heavy atom. The van der Waals surface area contributed by atoms with E-state index in [0.29, 0.717) is 23.0 Å². The van der Waals surface area contributed by atoms with Gasteiger partial charge >= 0.3 is 11.9 Å². The molecular weight excluding hydrogens is 1170 g/mol. The molecule has 466 valence electrons. The quantitative estimate of drug-likeness (QED) is 0.0122. The number of para-hydroxylation sites is 2. The summed E-state index contributed by atoms with van der Waals surface area (Å²) in [6, 6.07) is 76.2. The summed E-state index contributed by atoms with van der Waals surface area (Å²) in [5.41, 5.74) is 11.2. The van der Waals surface area contributed by atoms with Crippen LogP contribution in [0, 0.1) is 0 Å². The van der Waals surface area contributed by atoms with Gasteiger partial charge in [0.15, 0.2) is 0 Å². The van der Waals surface area contributed by atoms with Crippen molar-refractivity contribution in [1.82, 2.24) is 0 Å². The van der Waals surface area contributed by atoms with Gasteiger partial charge < -0.3 is 59.1 Å². The molecule has 0 bridgehead atoms. The van der Waals surface area contributed by atoms with Crippen LogP contribution < -0.4 is 18.9 Å². The van der Waals surface area contributed by atoms with Crippen molar-refractivity contribution in [2.45, 2.75) is 35.2 Å². The Morgan fingerprint density at radius 2 is 0.533 bits per heavy atom. The van der Waals surface area contributed by atoms with Crippen LogP contribution in [0.3, 0.4) is 0 Å². The summed E-state index contributed by atoms with van der Waals surface area (Å²) in [6.07, 6.45) is -4.39. The van der Waals surface area contributed by atoms with Crippen molar-refractivity contribution in [1.29, 1.82) is 0 Å². The number of benzene rings is 10. The summed E-state index contributed by atoms with van der Waals surface area (Å²) in [4.78, 5) is 35.6. The van der Waals surface area contributed by atoms with Gasteiger partial charge in [0.05, 0.1) is 10.8 Å². The van der Waals surface area contributed by atoms with Gasteiger partial charge in [-0.3, -0.25) is 0 Å². The highest BCUT2D eigenvalue weighted by atomic mass is 17.2. The van der Waals surface area contributed by atoms with Crippen molar-refractivity contribution in [2.75, 3.05) is 52.9 Å². The van der Waals surface area contributed by atoms with Gasteiger partial charge in [-0.05, 0) is 140 Å². The fraction of sp³-hybridized carbons (Fsp3) is 0.184. The van der Waals surface area contributed by atoms with E-state index < -0.39 is 47.2 Å². The predicted molar refractivity (Wildman–Crippen MR) is 342 cm³/mol. The number of aromatic hydroxyl groups is 2. The highest BCUT2D eigenvalue weighted by Crippen LogP contribution is 2.58. The second kappa shape index (κ2) is 27.8. The van der Waals surface area contributed by atoms with Crippen LogP contribution >= 0.6 is 0 Å². The maximum Gasteiger partial charge on any atom is 0.342 e. The average molecular weight is 1240 g/mol. The van der Waals surface area contributed by atoms with Gasteiger partial charge in [-0.25, -0.2) is 19.4 Å². The van der Waals surface area contributed by atoms with Crippen molar-refractivity contribution in [2.24, 2.45) is 0 Å². The lowest BCUT2D eigenvalue weighted by Crippen LogP contribution is -2.29. The number of carbonyl (C=O) groups is 2. The van der Waals surface area contributed by atoms with Gasteiger partial charge in [-0.1, -0.05) is 170 Å². The van der Waals surface area contributed by atoms with Crippen LogP contribution in [-0.4, -0.2) is 120 Å². The molecule has 0 radical (unpaired) electrons. The van der Waals surface area contributed by atoms with E-state index >= 15 is 0 Å². The van der Waals surface area contributed by atoms with Crippen molar-refractivity contribution in [3.8, 4) is 56.8 Å². The van der Waals surface area contributed by atoms with Crippen LogP contribution in [0.25, 0.3) is 22.3 Å². The third kappa shape index (κ3) is 12.8. The van der Waals surface area contributed by atoms with E-state index in [1.165, 1.54) is 24.3 Å². The maximum atomic E-state index is 12.5. The fourth-order valence-corrected chi connectivity index (χ4v) is 12.3. The number of hydrogen-bond donors (Lipinski definition) is 6. The molecule has 10 aromatic rings. The van der Waals surface area contributed by atoms with E-state index in [-0.39, 0.29) is 75.5 Å². The van der Waals surface area contributed by atoms with Crippen molar-refractivity contribution < 1.29 is 78.4 Å². The Kier molecular flexibility index (Phi) is 18.7. The first kappa shape index (κ1) is 61.9. The summed E-state index contributed by atoms with van der Waals surface area (Å²) in [5, 5.41) is 63.0. The summed E-state index contributed by atoms with van der Waals surface area (Å²) in [6.45, 7) is -1.61. The molecule has 2 aliphatic carbocycles. The molecule has 0 aromatic heterocycles. The molecule has 2 aliphatic rings. The van der Waals surface area contributed by atoms with Crippen LogP contribution in [0.15, 0.2) is 243 Å². The SMILES string of the molecule is O=C(OCC(O)COc1ccc(C2(c3ccc(OCC(O)COOCC(O)COc4ccc(C5(c6ccc(OCC(O)COC(=O)c7ccccc7O)cc6)c6ccccc6-c6ccccc65)cc4)cc3)c3ccccc3-c3ccccc32)cc1)c1ccccc1O. The lowest BCUT2D eigenvalue weighted by molar-refractivity contribution is -0.316. The van der Waals surface area contributed by atoms with Gasteiger partial charge in [0.1, 0.15) is 123 Å². The van der Waals surface area contributed by atoms with Crippen molar-refractivity contribution in [3.63, 3.8) is 0 Å². The van der Waals surface area contributed by atoms with Crippen LogP contribution in [0.5, 0.6) is 34.5 Å². The Morgan fingerprint density at radius 1 is 0.293 bits per heavy atom. The molecule has 0 spiro atoms. The molecule has 16 nitrogen and oxygen atoms in total. The van der Waals surface area contributed by atoms with Crippen molar-refractivity contribution in [3.05, 3.63) is 298 Å². The van der Waals surface area contributed by atoms with Gasteiger partial charge in [-0.15, -0.1) is 0 Å². The lowest BCUT2D eigenvalue weighted by atomic mass is 9.68. The van der Waals surface area contributed by atoms with Crippen LogP contribution in [0.4, 0.5) is 0 Å². The molecule has 6 N–H and O–H groups in total. The second-order valence-electron chi connectivity index (χ2n) is 22.4. The number of phenols is 2. The Labute approximate surface area is 531 Å². The Balaban J connectivity index is 0.634. The second-order valence-corrected chi connectivity index (χ2v) is 22.4. The van der Waals surface area contributed by atoms with E-state index in [0.717, 1.165) is 66.8 Å². The van der Waals surface area contributed by atoms with Crippen LogP contribution in [0.2, 0.25) is 0 Å². The number of esters is 2.